The van der Waals surface area contributed by atoms with Crippen LogP contribution in [-0.4, -0.2) is 35.8 Å². The summed E-state index contributed by atoms with van der Waals surface area (Å²) in [6, 6.07) is 9.44. The lowest BCUT2D eigenvalue weighted by Gasteiger charge is -2.33. The molecular weight excluding hydrogens is 266 g/mol. The fourth-order valence-electron chi connectivity index (χ4n) is 2.74. The number of nitrogens with zero attached hydrogens (tertiary/aromatic N) is 1. The Labute approximate surface area is 125 Å². The third-order valence-corrected chi connectivity index (χ3v) is 3.80. The van der Waals surface area contributed by atoms with Crippen LogP contribution in [0.2, 0.25) is 0 Å². The summed E-state index contributed by atoms with van der Waals surface area (Å²) in [5.41, 5.74) is 7.07. The number of amides is 2. The summed E-state index contributed by atoms with van der Waals surface area (Å²) in [7, 11) is 0. The summed E-state index contributed by atoms with van der Waals surface area (Å²) >= 11 is 0. The number of hydrogen-bond acceptors (Lipinski definition) is 3. The van der Waals surface area contributed by atoms with E-state index >= 15 is 0 Å². The molecule has 1 aliphatic heterocycles. The van der Waals surface area contributed by atoms with E-state index in [-0.39, 0.29) is 23.9 Å². The summed E-state index contributed by atoms with van der Waals surface area (Å²) in [6.07, 6.45) is 2.14. The predicted molar refractivity (Wildman–Crippen MR) is 81.4 cm³/mol. The quantitative estimate of drug-likeness (QED) is 0.874. The molecule has 2 rings (SSSR count). The molecule has 2 atom stereocenters. The Morgan fingerprint density at radius 3 is 2.76 bits per heavy atom. The van der Waals surface area contributed by atoms with Gasteiger partial charge < -0.3 is 16.0 Å². The summed E-state index contributed by atoms with van der Waals surface area (Å²) in [5.74, 6) is 0.0108. The van der Waals surface area contributed by atoms with Crippen molar-refractivity contribution < 1.29 is 9.59 Å². The second-order valence-electron chi connectivity index (χ2n) is 5.60. The average Bonchev–Trinajstić information content (AvgIpc) is 2.47. The van der Waals surface area contributed by atoms with Crippen LogP contribution in [0, 0.1) is 0 Å². The number of nitrogens with two attached hydrogens (primary N) is 1. The highest BCUT2D eigenvalue weighted by Gasteiger charge is 2.25. The lowest BCUT2D eigenvalue weighted by molar-refractivity contribution is -0.133. The predicted octanol–water partition coefficient (Wildman–Crippen LogP) is 1.20. The molecule has 3 N–H and O–H groups in total. The summed E-state index contributed by atoms with van der Waals surface area (Å²) in [5, 5.41) is 2.89. The number of benzene rings is 1. The normalized spacial score (nSPS) is 19.9. The first-order chi connectivity index (χ1) is 10.1. The maximum atomic E-state index is 12.3. The highest BCUT2D eigenvalue weighted by Crippen LogP contribution is 2.17. The van der Waals surface area contributed by atoms with E-state index in [9.17, 15) is 9.59 Å². The topological polar surface area (TPSA) is 75.4 Å². The Morgan fingerprint density at radius 2 is 2.10 bits per heavy atom. The fraction of sp³-hybridized carbons (Fsp3) is 0.500. The standard InChI is InChI=1S/C16H23N3O2/c1-12(20)18-14-8-5-9-19(11-14)16(21)10-15(17)13-6-3-2-4-7-13/h2-4,6-7,14-15H,5,8-11,17H2,1H3,(H,18,20)/t14-,15+/m1/s1. The largest absolute Gasteiger partial charge is 0.352 e. The van der Waals surface area contributed by atoms with Crippen molar-refractivity contribution in [1.82, 2.24) is 10.2 Å². The number of nitrogens with one attached hydrogen (secondary N) is 1. The highest BCUT2D eigenvalue weighted by atomic mass is 16.2. The molecule has 1 heterocycles. The maximum Gasteiger partial charge on any atom is 0.224 e. The van der Waals surface area contributed by atoms with Crippen LogP contribution < -0.4 is 11.1 Å². The number of piperidine rings is 1. The Morgan fingerprint density at radius 1 is 1.38 bits per heavy atom. The van der Waals surface area contributed by atoms with Crippen LogP contribution >= 0.6 is 0 Å². The van der Waals surface area contributed by atoms with Gasteiger partial charge in [-0.3, -0.25) is 9.59 Å². The number of carbonyl (C=O) groups is 2. The Kier molecular flexibility index (Phi) is 5.33. The van der Waals surface area contributed by atoms with Gasteiger partial charge in [0.05, 0.1) is 0 Å². The molecular formula is C16H23N3O2. The van der Waals surface area contributed by atoms with Crippen LogP contribution in [0.1, 0.15) is 37.8 Å². The summed E-state index contributed by atoms with van der Waals surface area (Å²) in [6.45, 7) is 2.84. The zero-order valence-electron chi connectivity index (χ0n) is 12.4. The van der Waals surface area contributed by atoms with E-state index in [2.05, 4.69) is 5.32 Å². The van der Waals surface area contributed by atoms with Crippen molar-refractivity contribution in [3.63, 3.8) is 0 Å². The van der Waals surface area contributed by atoms with E-state index in [0.717, 1.165) is 24.9 Å². The molecule has 5 nitrogen and oxygen atoms in total. The van der Waals surface area contributed by atoms with E-state index in [1.165, 1.54) is 6.92 Å². The number of carbonyl (C=O) groups excluding carboxylic acids is 2. The van der Waals surface area contributed by atoms with E-state index in [0.29, 0.717) is 13.0 Å². The van der Waals surface area contributed by atoms with Crippen molar-refractivity contribution in [2.75, 3.05) is 13.1 Å². The van der Waals surface area contributed by atoms with Crippen LogP contribution in [0.4, 0.5) is 0 Å². The van der Waals surface area contributed by atoms with Gasteiger partial charge in [0, 0.05) is 38.5 Å². The molecule has 114 valence electrons. The fourth-order valence-corrected chi connectivity index (χ4v) is 2.74. The van der Waals surface area contributed by atoms with E-state index in [4.69, 9.17) is 5.73 Å². The molecule has 0 bridgehead atoms. The van der Waals surface area contributed by atoms with E-state index in [1.54, 1.807) is 0 Å². The van der Waals surface area contributed by atoms with Crippen LogP contribution in [0.3, 0.4) is 0 Å². The van der Waals surface area contributed by atoms with Crippen molar-refractivity contribution in [2.45, 2.75) is 38.3 Å². The number of hydrogen-bond donors (Lipinski definition) is 2. The van der Waals surface area contributed by atoms with Crippen LogP contribution in [0.25, 0.3) is 0 Å². The molecule has 1 aliphatic rings. The maximum absolute atomic E-state index is 12.3. The third-order valence-electron chi connectivity index (χ3n) is 3.80. The van der Waals surface area contributed by atoms with Gasteiger partial charge in [-0.15, -0.1) is 0 Å². The lowest BCUT2D eigenvalue weighted by Crippen LogP contribution is -2.49. The molecule has 0 aromatic heterocycles. The minimum absolute atomic E-state index is 0.0460. The highest BCUT2D eigenvalue weighted by molar-refractivity contribution is 5.77. The Hall–Kier alpha value is -1.88. The minimum atomic E-state index is -0.278. The van der Waals surface area contributed by atoms with Crippen molar-refractivity contribution in [1.29, 1.82) is 0 Å². The van der Waals surface area contributed by atoms with Gasteiger partial charge in [0.15, 0.2) is 0 Å². The second-order valence-corrected chi connectivity index (χ2v) is 5.60. The number of likely N-dealkylation sites (tertiary alicyclic amines) is 1. The Bertz CT molecular complexity index is 490. The molecule has 2 amide bonds. The van der Waals surface area contributed by atoms with Crippen molar-refractivity contribution in [3.05, 3.63) is 35.9 Å². The average molecular weight is 289 g/mol. The van der Waals surface area contributed by atoms with Crippen LogP contribution in [-0.2, 0) is 9.59 Å². The number of rotatable bonds is 4. The van der Waals surface area contributed by atoms with Gasteiger partial charge in [0.25, 0.3) is 0 Å². The molecule has 0 radical (unpaired) electrons. The minimum Gasteiger partial charge on any atom is -0.352 e. The lowest BCUT2D eigenvalue weighted by atomic mass is 10.0. The monoisotopic (exact) mass is 289 g/mol. The molecule has 0 saturated carbocycles. The van der Waals surface area contributed by atoms with Crippen LogP contribution in [0.15, 0.2) is 30.3 Å². The van der Waals surface area contributed by atoms with Gasteiger partial charge in [-0.25, -0.2) is 0 Å². The molecule has 0 unspecified atom stereocenters. The first-order valence-corrected chi connectivity index (χ1v) is 7.41. The molecule has 0 spiro atoms. The van der Waals surface area contributed by atoms with E-state index < -0.39 is 0 Å². The zero-order valence-corrected chi connectivity index (χ0v) is 12.4. The second kappa shape index (κ2) is 7.22. The van der Waals surface area contributed by atoms with Crippen molar-refractivity contribution >= 4 is 11.8 Å². The van der Waals surface area contributed by atoms with Gasteiger partial charge in [0.1, 0.15) is 0 Å². The molecule has 21 heavy (non-hydrogen) atoms. The first kappa shape index (κ1) is 15.5. The smallest absolute Gasteiger partial charge is 0.224 e. The van der Waals surface area contributed by atoms with Gasteiger partial charge >= 0.3 is 0 Å². The molecule has 5 heteroatoms. The molecule has 1 saturated heterocycles. The molecule has 0 aliphatic carbocycles. The first-order valence-electron chi connectivity index (χ1n) is 7.41. The molecule has 1 fully saturated rings. The summed E-state index contributed by atoms with van der Waals surface area (Å²) < 4.78 is 0. The van der Waals surface area contributed by atoms with Crippen molar-refractivity contribution in [2.24, 2.45) is 5.73 Å². The van der Waals surface area contributed by atoms with Crippen LogP contribution in [0.5, 0.6) is 0 Å². The summed E-state index contributed by atoms with van der Waals surface area (Å²) in [4.78, 5) is 25.3. The molecule has 1 aromatic rings. The van der Waals surface area contributed by atoms with Gasteiger partial charge in [-0.05, 0) is 18.4 Å². The third kappa shape index (κ3) is 4.56. The van der Waals surface area contributed by atoms with Gasteiger partial charge in [-0.1, -0.05) is 30.3 Å². The van der Waals surface area contributed by atoms with Gasteiger partial charge in [-0.2, -0.15) is 0 Å². The zero-order chi connectivity index (χ0) is 15.2. The van der Waals surface area contributed by atoms with Crippen molar-refractivity contribution in [3.8, 4) is 0 Å². The van der Waals surface area contributed by atoms with Gasteiger partial charge in [0.2, 0.25) is 11.8 Å². The van der Waals surface area contributed by atoms with E-state index in [1.807, 2.05) is 35.2 Å². The molecule has 1 aromatic carbocycles. The SMILES string of the molecule is CC(=O)N[C@@H]1CCCN(C(=O)C[C@H](N)c2ccccc2)C1. The Balaban J connectivity index is 1.89.